The van der Waals surface area contributed by atoms with Crippen molar-refractivity contribution in [2.75, 3.05) is 37.4 Å². The van der Waals surface area contributed by atoms with Gasteiger partial charge in [-0.05, 0) is 65.7 Å². The van der Waals surface area contributed by atoms with E-state index in [2.05, 4.69) is 31.4 Å². The van der Waals surface area contributed by atoms with E-state index in [1.54, 1.807) is 32.9 Å². The van der Waals surface area contributed by atoms with Gasteiger partial charge in [0, 0.05) is 29.8 Å². The van der Waals surface area contributed by atoms with E-state index in [0.717, 1.165) is 0 Å². The van der Waals surface area contributed by atoms with E-state index in [-0.39, 0.29) is 10.3 Å². The third kappa shape index (κ3) is 12.9. The number of hydrogen-bond donors (Lipinski definition) is 4. The van der Waals surface area contributed by atoms with Gasteiger partial charge in [-0.25, -0.2) is 4.79 Å². The molecule has 10 heteroatoms. The van der Waals surface area contributed by atoms with Crippen LogP contribution in [0.25, 0.3) is 0 Å². The Morgan fingerprint density at radius 3 is 2.33 bits per heavy atom. The largest absolute Gasteiger partial charge is 0.491 e. The van der Waals surface area contributed by atoms with Gasteiger partial charge in [0.2, 0.25) is 5.91 Å². The molecule has 1 aromatic rings. The standard InChI is InChI=1S/C23H38N4O5S/c1-22(2,3)32-21(29)27-11-8-7-10-26-19-17(24)14-16(20(25)28)15-18(19)30-12-9-13-31-33-23(4,5)6/h7-8,14-15,26H,9-13,24H2,1-6H3,(H2,25,28)(H,27,29)/b8-7+. The Morgan fingerprint density at radius 2 is 1.73 bits per heavy atom. The normalized spacial score (nSPS) is 11.9. The number of carbonyl (C=O) groups is 2. The Balaban J connectivity index is 2.62. The summed E-state index contributed by atoms with van der Waals surface area (Å²) in [6.45, 7) is 13.3. The van der Waals surface area contributed by atoms with Gasteiger partial charge in [-0.3, -0.25) is 4.79 Å². The maximum absolute atomic E-state index is 11.6. The zero-order chi connectivity index (χ0) is 25.1. The van der Waals surface area contributed by atoms with Crippen LogP contribution < -0.4 is 26.8 Å². The van der Waals surface area contributed by atoms with Gasteiger partial charge in [-0.1, -0.05) is 12.2 Å². The Labute approximate surface area is 201 Å². The molecule has 0 saturated heterocycles. The minimum atomic E-state index is -0.587. The molecule has 0 unspecified atom stereocenters. The minimum absolute atomic E-state index is 0.0259. The molecule has 0 heterocycles. The number of benzene rings is 1. The van der Waals surface area contributed by atoms with E-state index in [4.69, 9.17) is 25.1 Å². The van der Waals surface area contributed by atoms with Crippen molar-refractivity contribution in [3.63, 3.8) is 0 Å². The summed E-state index contributed by atoms with van der Waals surface area (Å²) in [5.41, 5.74) is 12.2. The molecule has 0 aromatic heterocycles. The highest BCUT2D eigenvalue weighted by atomic mass is 32.2. The average Bonchev–Trinajstić information content (AvgIpc) is 2.66. The molecule has 0 aliphatic heterocycles. The summed E-state index contributed by atoms with van der Waals surface area (Å²) in [5.74, 6) is -0.149. The monoisotopic (exact) mass is 482 g/mol. The van der Waals surface area contributed by atoms with E-state index in [1.165, 1.54) is 18.1 Å². The molecule has 0 spiro atoms. The number of anilines is 2. The van der Waals surface area contributed by atoms with Crippen molar-refractivity contribution in [1.29, 1.82) is 0 Å². The fourth-order valence-corrected chi connectivity index (χ4v) is 2.94. The lowest BCUT2D eigenvalue weighted by atomic mass is 10.1. The maximum atomic E-state index is 11.6. The van der Waals surface area contributed by atoms with Crippen LogP contribution in [-0.2, 0) is 8.92 Å². The molecule has 9 nitrogen and oxygen atoms in total. The number of ether oxygens (including phenoxy) is 2. The molecular formula is C23H38N4O5S. The second kappa shape index (κ2) is 13.2. The maximum Gasteiger partial charge on any atom is 0.407 e. The van der Waals surface area contributed by atoms with E-state index in [1.807, 2.05) is 6.08 Å². The van der Waals surface area contributed by atoms with Crippen LogP contribution in [0.4, 0.5) is 16.2 Å². The third-order valence-electron chi connectivity index (χ3n) is 3.68. The fraction of sp³-hybridized carbons (Fsp3) is 0.565. The van der Waals surface area contributed by atoms with E-state index in [0.29, 0.717) is 49.8 Å². The summed E-state index contributed by atoms with van der Waals surface area (Å²) in [7, 11) is 0. The number of rotatable bonds is 12. The van der Waals surface area contributed by atoms with Gasteiger partial charge in [0.25, 0.3) is 0 Å². The summed E-state index contributed by atoms with van der Waals surface area (Å²) in [6, 6.07) is 3.08. The minimum Gasteiger partial charge on any atom is -0.491 e. The summed E-state index contributed by atoms with van der Waals surface area (Å²) in [5, 5.41) is 5.82. The van der Waals surface area contributed by atoms with Crippen LogP contribution in [0.3, 0.4) is 0 Å². The molecular weight excluding hydrogens is 444 g/mol. The van der Waals surface area contributed by atoms with Crippen LogP contribution >= 0.6 is 12.0 Å². The highest BCUT2D eigenvalue weighted by Gasteiger charge is 2.15. The molecule has 1 aromatic carbocycles. The highest BCUT2D eigenvalue weighted by molar-refractivity contribution is 7.96. The van der Waals surface area contributed by atoms with Crippen molar-refractivity contribution < 1.29 is 23.2 Å². The molecule has 0 bridgehead atoms. The number of nitrogens with two attached hydrogens (primary N) is 2. The molecule has 0 radical (unpaired) electrons. The number of nitrogens with one attached hydrogen (secondary N) is 2. The van der Waals surface area contributed by atoms with Crippen molar-refractivity contribution in [3.05, 3.63) is 29.8 Å². The molecule has 1 rings (SSSR count). The lowest BCUT2D eigenvalue weighted by Crippen LogP contribution is -2.32. The first kappa shape index (κ1) is 28.4. The number of hydrogen-bond acceptors (Lipinski definition) is 8. The summed E-state index contributed by atoms with van der Waals surface area (Å²) < 4.78 is 16.6. The third-order valence-corrected chi connectivity index (χ3v) is 4.47. The number of nitrogen functional groups attached to an aromatic ring is 1. The first-order valence-electron chi connectivity index (χ1n) is 10.8. The SMILES string of the molecule is CC(C)(C)OC(=O)NC/C=C/CNc1c(N)cc(C(N)=O)cc1OCCCOSC(C)(C)C. The number of carbonyl (C=O) groups excluding carboxylic acids is 2. The van der Waals surface area contributed by atoms with Gasteiger partial charge in [-0.15, -0.1) is 0 Å². The lowest BCUT2D eigenvalue weighted by molar-refractivity contribution is 0.0534. The Morgan fingerprint density at radius 1 is 1.06 bits per heavy atom. The molecule has 0 atom stereocenters. The molecule has 0 aliphatic rings. The van der Waals surface area contributed by atoms with Crippen LogP contribution in [0, 0.1) is 0 Å². The molecule has 2 amide bonds. The number of amides is 2. The van der Waals surface area contributed by atoms with Gasteiger partial charge < -0.3 is 35.8 Å². The Kier molecular flexibility index (Phi) is 11.4. The summed E-state index contributed by atoms with van der Waals surface area (Å²) in [4.78, 5) is 23.3. The average molecular weight is 483 g/mol. The van der Waals surface area contributed by atoms with Crippen molar-refractivity contribution in [2.45, 2.75) is 58.3 Å². The smallest absolute Gasteiger partial charge is 0.407 e. The van der Waals surface area contributed by atoms with Gasteiger partial charge in [0.15, 0.2) is 0 Å². The number of alkyl carbamates (subject to hydrolysis) is 1. The molecule has 0 saturated carbocycles. The topological polar surface area (TPSA) is 138 Å². The van der Waals surface area contributed by atoms with Crippen LogP contribution in [0.5, 0.6) is 5.75 Å². The second-order valence-corrected chi connectivity index (χ2v) is 10.9. The van der Waals surface area contributed by atoms with Gasteiger partial charge in [0.1, 0.15) is 17.0 Å². The van der Waals surface area contributed by atoms with E-state index < -0.39 is 17.6 Å². The van der Waals surface area contributed by atoms with Crippen molar-refractivity contribution >= 4 is 35.4 Å². The lowest BCUT2D eigenvalue weighted by Gasteiger charge is -2.19. The molecule has 6 N–H and O–H groups in total. The second-order valence-electron chi connectivity index (χ2n) is 9.26. The van der Waals surface area contributed by atoms with Gasteiger partial charge in [-0.2, -0.15) is 0 Å². The highest BCUT2D eigenvalue weighted by Crippen LogP contribution is 2.33. The Bertz CT molecular complexity index is 816. The Hall–Kier alpha value is -2.59. The first-order valence-corrected chi connectivity index (χ1v) is 11.5. The summed E-state index contributed by atoms with van der Waals surface area (Å²) in [6.07, 6.45) is 3.81. The van der Waals surface area contributed by atoms with Crippen molar-refractivity contribution in [3.8, 4) is 5.75 Å². The van der Waals surface area contributed by atoms with E-state index in [9.17, 15) is 9.59 Å². The van der Waals surface area contributed by atoms with Gasteiger partial charge in [0.05, 0.1) is 18.9 Å². The van der Waals surface area contributed by atoms with Crippen molar-refractivity contribution in [2.24, 2.45) is 5.73 Å². The first-order chi connectivity index (χ1) is 15.3. The number of primary amides is 1. The van der Waals surface area contributed by atoms with Crippen LogP contribution in [0.15, 0.2) is 24.3 Å². The van der Waals surface area contributed by atoms with Crippen LogP contribution in [0.1, 0.15) is 58.3 Å². The van der Waals surface area contributed by atoms with Gasteiger partial charge >= 0.3 is 6.09 Å². The molecule has 33 heavy (non-hydrogen) atoms. The fourth-order valence-electron chi connectivity index (χ4n) is 2.38. The summed E-state index contributed by atoms with van der Waals surface area (Å²) >= 11 is 1.42. The molecule has 0 aliphatic carbocycles. The van der Waals surface area contributed by atoms with Crippen LogP contribution in [-0.4, -0.2) is 48.7 Å². The predicted octanol–water partition coefficient (Wildman–Crippen LogP) is 4.09. The van der Waals surface area contributed by atoms with Crippen molar-refractivity contribution in [1.82, 2.24) is 5.32 Å². The quantitative estimate of drug-likeness (QED) is 0.151. The predicted molar refractivity (Wildman–Crippen MR) is 135 cm³/mol. The van der Waals surface area contributed by atoms with E-state index >= 15 is 0 Å². The van der Waals surface area contributed by atoms with Crippen LogP contribution in [0.2, 0.25) is 0 Å². The zero-order valence-corrected chi connectivity index (χ0v) is 21.3. The molecule has 186 valence electrons. The zero-order valence-electron chi connectivity index (χ0n) is 20.4. The molecule has 0 fully saturated rings.